The Hall–Kier alpha value is -2.33. The van der Waals surface area contributed by atoms with Crippen LogP contribution in [0, 0.1) is 6.92 Å². The van der Waals surface area contributed by atoms with Gasteiger partial charge in [-0.3, -0.25) is 9.78 Å². The van der Waals surface area contributed by atoms with Gasteiger partial charge in [0, 0.05) is 28.7 Å². The Labute approximate surface area is 140 Å². The molecule has 1 N–H and O–H groups in total. The number of hydrogen-bond acceptors (Lipinski definition) is 2. The molecule has 1 amide bonds. The number of pyridine rings is 1. The van der Waals surface area contributed by atoms with E-state index in [1.165, 1.54) is 0 Å². The molecule has 1 aromatic carbocycles. The second-order valence-electron chi connectivity index (χ2n) is 5.38. The number of amides is 1. The predicted molar refractivity (Wildman–Crippen MR) is 92.8 cm³/mol. The first-order valence-electron chi connectivity index (χ1n) is 7.58. The molecular weight excluding hydrogens is 310 g/mol. The second kappa shape index (κ2) is 6.42. The number of carbonyl (C=O) groups is 1. The molecular formula is C18H18ClN3O. The van der Waals surface area contributed by atoms with Gasteiger partial charge in [-0.25, -0.2) is 0 Å². The Kier molecular flexibility index (Phi) is 4.35. The first-order chi connectivity index (χ1) is 11.1. The molecule has 2 heterocycles. The third-order valence-corrected chi connectivity index (χ3v) is 4.20. The summed E-state index contributed by atoms with van der Waals surface area (Å²) in [5, 5.41) is 4.64. The Balaban J connectivity index is 1.95. The molecule has 0 atom stereocenters. The number of nitrogens with one attached hydrogen (secondary N) is 1. The number of aromatic nitrogens is 2. The Morgan fingerprint density at radius 3 is 2.83 bits per heavy atom. The zero-order valence-corrected chi connectivity index (χ0v) is 13.9. The topological polar surface area (TPSA) is 46.9 Å². The lowest BCUT2D eigenvalue weighted by molar-refractivity contribution is 0.0941. The van der Waals surface area contributed by atoms with E-state index >= 15 is 0 Å². The predicted octanol–water partition coefficient (Wildman–Crippen LogP) is 3.95. The highest BCUT2D eigenvalue weighted by Crippen LogP contribution is 2.28. The third-order valence-electron chi connectivity index (χ3n) is 3.97. The average molecular weight is 328 g/mol. The molecule has 0 aliphatic heterocycles. The molecule has 0 saturated heterocycles. The molecule has 5 heteroatoms. The molecule has 0 radical (unpaired) electrons. The van der Waals surface area contributed by atoms with Crippen molar-refractivity contribution in [3.8, 4) is 0 Å². The van der Waals surface area contributed by atoms with Crippen LogP contribution in [0.15, 0.2) is 42.6 Å². The van der Waals surface area contributed by atoms with Crippen LogP contribution in [-0.2, 0) is 13.1 Å². The minimum absolute atomic E-state index is 0.0951. The van der Waals surface area contributed by atoms with E-state index in [0.717, 1.165) is 28.7 Å². The van der Waals surface area contributed by atoms with Gasteiger partial charge in [0.05, 0.1) is 12.2 Å². The van der Waals surface area contributed by atoms with E-state index in [1.807, 2.05) is 54.8 Å². The zero-order chi connectivity index (χ0) is 16.4. The summed E-state index contributed by atoms with van der Waals surface area (Å²) in [5.74, 6) is -0.0951. The number of benzene rings is 1. The minimum Gasteiger partial charge on any atom is -0.345 e. The number of rotatable bonds is 4. The van der Waals surface area contributed by atoms with Crippen molar-refractivity contribution >= 4 is 28.4 Å². The third kappa shape index (κ3) is 2.94. The molecule has 118 valence electrons. The highest BCUT2D eigenvalue weighted by Gasteiger charge is 2.19. The van der Waals surface area contributed by atoms with Crippen molar-refractivity contribution in [3.05, 3.63) is 64.6 Å². The van der Waals surface area contributed by atoms with Crippen LogP contribution in [0.2, 0.25) is 5.02 Å². The molecule has 0 aliphatic carbocycles. The highest BCUT2D eigenvalue weighted by atomic mass is 35.5. The number of carbonyl (C=O) groups excluding carboxylic acids is 1. The van der Waals surface area contributed by atoms with Crippen LogP contribution in [0.1, 0.15) is 28.7 Å². The van der Waals surface area contributed by atoms with E-state index in [0.29, 0.717) is 17.3 Å². The van der Waals surface area contributed by atoms with E-state index in [2.05, 4.69) is 10.3 Å². The maximum absolute atomic E-state index is 12.7. The van der Waals surface area contributed by atoms with E-state index < -0.39 is 0 Å². The molecule has 0 spiro atoms. The number of fused-ring (bicyclic) bond motifs is 1. The van der Waals surface area contributed by atoms with Gasteiger partial charge in [0.1, 0.15) is 5.69 Å². The number of nitrogens with zero attached hydrogens (tertiary/aromatic N) is 2. The van der Waals surface area contributed by atoms with Gasteiger partial charge < -0.3 is 9.88 Å². The van der Waals surface area contributed by atoms with Gasteiger partial charge >= 0.3 is 0 Å². The first-order valence-corrected chi connectivity index (χ1v) is 7.96. The zero-order valence-electron chi connectivity index (χ0n) is 13.1. The van der Waals surface area contributed by atoms with Crippen LogP contribution in [-0.4, -0.2) is 15.5 Å². The van der Waals surface area contributed by atoms with Crippen LogP contribution >= 0.6 is 11.6 Å². The van der Waals surface area contributed by atoms with Crippen molar-refractivity contribution in [2.45, 2.75) is 26.9 Å². The molecule has 2 aromatic heterocycles. The SMILES string of the molecule is CCn1c(C(=O)NCc2ccccn2)c(C)c2cc(Cl)ccc21. The van der Waals surface area contributed by atoms with Gasteiger partial charge in [-0.1, -0.05) is 17.7 Å². The van der Waals surface area contributed by atoms with Gasteiger partial charge in [-0.05, 0) is 49.7 Å². The number of halogens is 1. The molecule has 0 aliphatic rings. The van der Waals surface area contributed by atoms with Crippen LogP contribution in [0.3, 0.4) is 0 Å². The lowest BCUT2D eigenvalue weighted by Gasteiger charge is -2.09. The summed E-state index contributed by atoms with van der Waals surface area (Å²) in [4.78, 5) is 16.9. The summed E-state index contributed by atoms with van der Waals surface area (Å²) in [6, 6.07) is 11.4. The van der Waals surface area contributed by atoms with Crippen LogP contribution < -0.4 is 5.32 Å². The average Bonchev–Trinajstić information content (AvgIpc) is 2.85. The fourth-order valence-corrected chi connectivity index (χ4v) is 3.05. The monoisotopic (exact) mass is 327 g/mol. The van der Waals surface area contributed by atoms with Crippen molar-refractivity contribution in [2.24, 2.45) is 0 Å². The van der Waals surface area contributed by atoms with E-state index in [-0.39, 0.29) is 5.91 Å². The largest absolute Gasteiger partial charge is 0.345 e. The van der Waals surface area contributed by atoms with E-state index in [9.17, 15) is 4.79 Å². The van der Waals surface area contributed by atoms with Crippen molar-refractivity contribution in [1.82, 2.24) is 14.9 Å². The van der Waals surface area contributed by atoms with Crippen molar-refractivity contribution in [3.63, 3.8) is 0 Å². The van der Waals surface area contributed by atoms with E-state index in [1.54, 1.807) is 6.20 Å². The highest BCUT2D eigenvalue weighted by molar-refractivity contribution is 6.31. The molecule has 0 unspecified atom stereocenters. The van der Waals surface area contributed by atoms with Crippen molar-refractivity contribution in [2.75, 3.05) is 0 Å². The fourth-order valence-electron chi connectivity index (χ4n) is 2.87. The molecule has 0 bridgehead atoms. The number of hydrogen-bond donors (Lipinski definition) is 1. The summed E-state index contributed by atoms with van der Waals surface area (Å²) in [7, 11) is 0. The van der Waals surface area contributed by atoms with Gasteiger partial charge in [-0.2, -0.15) is 0 Å². The van der Waals surface area contributed by atoms with Crippen LogP contribution in [0.4, 0.5) is 0 Å². The lowest BCUT2D eigenvalue weighted by Crippen LogP contribution is -2.26. The second-order valence-corrected chi connectivity index (χ2v) is 5.82. The number of aryl methyl sites for hydroxylation is 2. The van der Waals surface area contributed by atoms with Gasteiger partial charge in [0.2, 0.25) is 0 Å². The normalized spacial score (nSPS) is 10.9. The summed E-state index contributed by atoms with van der Waals surface area (Å²) in [6.45, 7) is 5.12. The van der Waals surface area contributed by atoms with E-state index in [4.69, 9.17) is 11.6 Å². The molecule has 23 heavy (non-hydrogen) atoms. The Bertz CT molecular complexity index is 856. The van der Waals surface area contributed by atoms with Crippen LogP contribution in [0.5, 0.6) is 0 Å². The Morgan fingerprint density at radius 1 is 1.30 bits per heavy atom. The smallest absolute Gasteiger partial charge is 0.268 e. The molecule has 0 fully saturated rings. The molecule has 0 saturated carbocycles. The summed E-state index contributed by atoms with van der Waals surface area (Å²) in [6.07, 6.45) is 1.72. The molecule has 3 aromatic rings. The first kappa shape index (κ1) is 15.6. The molecule has 3 rings (SSSR count). The van der Waals surface area contributed by atoms with Crippen molar-refractivity contribution < 1.29 is 4.79 Å². The summed E-state index contributed by atoms with van der Waals surface area (Å²) < 4.78 is 2.02. The van der Waals surface area contributed by atoms with Gasteiger partial charge in [-0.15, -0.1) is 0 Å². The van der Waals surface area contributed by atoms with Gasteiger partial charge in [0.15, 0.2) is 0 Å². The quantitative estimate of drug-likeness (QED) is 0.788. The lowest BCUT2D eigenvalue weighted by atomic mass is 10.1. The standard InChI is InChI=1S/C18H18ClN3O/c1-3-22-16-8-7-13(19)10-15(16)12(2)17(22)18(23)21-11-14-6-4-5-9-20-14/h4-10H,3,11H2,1-2H3,(H,21,23). The maximum Gasteiger partial charge on any atom is 0.268 e. The van der Waals surface area contributed by atoms with Gasteiger partial charge in [0.25, 0.3) is 5.91 Å². The van der Waals surface area contributed by atoms with Crippen LogP contribution in [0.25, 0.3) is 10.9 Å². The minimum atomic E-state index is -0.0951. The maximum atomic E-state index is 12.7. The fraction of sp³-hybridized carbons (Fsp3) is 0.222. The Morgan fingerprint density at radius 2 is 2.13 bits per heavy atom. The summed E-state index contributed by atoms with van der Waals surface area (Å²) >= 11 is 6.10. The van der Waals surface area contributed by atoms with Crippen molar-refractivity contribution in [1.29, 1.82) is 0 Å². The molecule has 4 nitrogen and oxygen atoms in total. The summed E-state index contributed by atoms with van der Waals surface area (Å²) in [5.41, 5.74) is 3.49.